The first-order valence-corrected chi connectivity index (χ1v) is 5.35. The molecule has 2 aliphatic rings. The number of hydrogen-bond donors (Lipinski definition) is 1. The summed E-state index contributed by atoms with van der Waals surface area (Å²) in [6, 6.07) is 0.560. The van der Waals surface area contributed by atoms with E-state index in [0.29, 0.717) is 25.2 Å². The molecule has 4 nitrogen and oxygen atoms in total. The first-order chi connectivity index (χ1) is 6.81. The van der Waals surface area contributed by atoms with Crippen LogP contribution in [0.4, 0.5) is 0 Å². The molecule has 80 valence electrons. The maximum Gasteiger partial charge on any atom is 0.225 e. The highest BCUT2D eigenvalue weighted by molar-refractivity contribution is 5.80. The van der Waals surface area contributed by atoms with E-state index in [1.165, 1.54) is 0 Å². The third-order valence-corrected chi connectivity index (χ3v) is 3.22. The van der Waals surface area contributed by atoms with Gasteiger partial charge in [0.15, 0.2) is 0 Å². The Bertz CT molecular complexity index is 208. The van der Waals surface area contributed by atoms with Gasteiger partial charge < -0.3 is 15.0 Å². The average Bonchev–Trinajstić information content (AvgIpc) is 2.17. The van der Waals surface area contributed by atoms with Gasteiger partial charge in [0, 0.05) is 25.0 Å². The third-order valence-electron chi connectivity index (χ3n) is 3.22. The molecule has 1 amide bonds. The normalized spacial score (nSPS) is 32.5. The first kappa shape index (κ1) is 9.93. The molecule has 0 bridgehead atoms. The lowest BCUT2D eigenvalue weighted by Crippen LogP contribution is -2.50. The molecule has 0 atom stereocenters. The minimum absolute atomic E-state index is 0.269. The van der Waals surface area contributed by atoms with Crippen LogP contribution in [0.5, 0.6) is 0 Å². The van der Waals surface area contributed by atoms with E-state index in [-0.39, 0.29) is 5.92 Å². The van der Waals surface area contributed by atoms with Crippen LogP contribution in [0.3, 0.4) is 0 Å². The van der Waals surface area contributed by atoms with Gasteiger partial charge in [-0.2, -0.15) is 0 Å². The number of amides is 1. The largest absolute Gasteiger partial charge is 0.378 e. The molecule has 4 heteroatoms. The summed E-state index contributed by atoms with van der Waals surface area (Å²) >= 11 is 0. The maximum atomic E-state index is 11.9. The number of morpholine rings is 1. The van der Waals surface area contributed by atoms with Crippen molar-refractivity contribution < 1.29 is 9.53 Å². The van der Waals surface area contributed by atoms with Crippen molar-refractivity contribution in [1.82, 2.24) is 10.2 Å². The van der Waals surface area contributed by atoms with Gasteiger partial charge in [-0.25, -0.2) is 0 Å². The molecule has 0 aromatic carbocycles. The molecule has 1 saturated heterocycles. The summed E-state index contributed by atoms with van der Waals surface area (Å²) in [4.78, 5) is 13.8. The Morgan fingerprint density at radius 3 is 2.57 bits per heavy atom. The molecule has 1 heterocycles. The number of carbonyl (C=O) groups excluding carboxylic acids is 1. The number of carbonyl (C=O) groups is 1. The molecule has 1 aliphatic carbocycles. The molecule has 1 N–H and O–H groups in total. The van der Waals surface area contributed by atoms with Crippen LogP contribution in [0.2, 0.25) is 0 Å². The maximum absolute atomic E-state index is 11.9. The molecule has 0 unspecified atom stereocenters. The SMILES string of the molecule is CNC1CC(C(=O)N2CCOCC2)C1. The lowest BCUT2D eigenvalue weighted by molar-refractivity contribution is -0.143. The van der Waals surface area contributed by atoms with Crippen LogP contribution in [0.1, 0.15) is 12.8 Å². The molecule has 0 aromatic rings. The second kappa shape index (κ2) is 4.28. The lowest BCUT2D eigenvalue weighted by Gasteiger charge is -2.38. The van der Waals surface area contributed by atoms with Gasteiger partial charge in [0.05, 0.1) is 13.2 Å². The molecular weight excluding hydrogens is 180 g/mol. The minimum Gasteiger partial charge on any atom is -0.378 e. The number of ether oxygens (including phenoxy) is 1. The highest BCUT2D eigenvalue weighted by atomic mass is 16.5. The fourth-order valence-corrected chi connectivity index (χ4v) is 2.10. The predicted molar refractivity (Wildman–Crippen MR) is 53.0 cm³/mol. The third kappa shape index (κ3) is 1.91. The fourth-order valence-electron chi connectivity index (χ4n) is 2.10. The average molecular weight is 198 g/mol. The van der Waals surface area contributed by atoms with E-state index < -0.39 is 0 Å². The van der Waals surface area contributed by atoms with Gasteiger partial charge in [0.25, 0.3) is 0 Å². The van der Waals surface area contributed by atoms with Crippen LogP contribution in [0, 0.1) is 5.92 Å². The van der Waals surface area contributed by atoms with Crippen molar-refractivity contribution in [1.29, 1.82) is 0 Å². The Labute approximate surface area is 84.6 Å². The Morgan fingerprint density at radius 2 is 2.00 bits per heavy atom. The molecule has 0 radical (unpaired) electrons. The van der Waals surface area contributed by atoms with Crippen LogP contribution >= 0.6 is 0 Å². The van der Waals surface area contributed by atoms with Crippen molar-refractivity contribution in [3.63, 3.8) is 0 Å². The van der Waals surface area contributed by atoms with Crippen LogP contribution in [0.15, 0.2) is 0 Å². The molecule has 1 aliphatic heterocycles. The van der Waals surface area contributed by atoms with Gasteiger partial charge in [-0.05, 0) is 19.9 Å². The second-order valence-electron chi connectivity index (χ2n) is 4.09. The van der Waals surface area contributed by atoms with E-state index >= 15 is 0 Å². The predicted octanol–water partition coefficient (Wildman–Crippen LogP) is -0.157. The Kier molecular flexibility index (Phi) is 3.03. The molecule has 2 rings (SSSR count). The standard InChI is InChI=1S/C10H18N2O2/c1-11-9-6-8(7-9)10(13)12-2-4-14-5-3-12/h8-9,11H,2-7H2,1H3. The van der Waals surface area contributed by atoms with Gasteiger partial charge in [0.2, 0.25) is 5.91 Å². The van der Waals surface area contributed by atoms with E-state index in [9.17, 15) is 4.79 Å². The number of nitrogens with zero attached hydrogens (tertiary/aromatic N) is 1. The van der Waals surface area contributed by atoms with Gasteiger partial charge in [-0.3, -0.25) is 4.79 Å². The summed E-state index contributed by atoms with van der Waals surface area (Å²) in [6.45, 7) is 2.96. The summed E-state index contributed by atoms with van der Waals surface area (Å²) in [6.07, 6.45) is 2.01. The van der Waals surface area contributed by atoms with Gasteiger partial charge in [-0.15, -0.1) is 0 Å². The minimum atomic E-state index is 0.269. The van der Waals surface area contributed by atoms with E-state index in [2.05, 4.69) is 5.32 Å². The zero-order valence-corrected chi connectivity index (χ0v) is 8.66. The van der Waals surface area contributed by atoms with Crippen molar-refractivity contribution in [2.45, 2.75) is 18.9 Å². The monoisotopic (exact) mass is 198 g/mol. The molecule has 0 spiro atoms. The summed E-state index contributed by atoms with van der Waals surface area (Å²) in [5, 5.41) is 3.19. The molecule has 2 fully saturated rings. The van der Waals surface area contributed by atoms with E-state index in [4.69, 9.17) is 4.74 Å². The topological polar surface area (TPSA) is 41.6 Å². The summed E-state index contributed by atoms with van der Waals surface area (Å²) in [5.74, 6) is 0.602. The Hall–Kier alpha value is -0.610. The Morgan fingerprint density at radius 1 is 1.36 bits per heavy atom. The van der Waals surface area contributed by atoms with Crippen LogP contribution in [-0.4, -0.2) is 50.2 Å². The highest BCUT2D eigenvalue weighted by Crippen LogP contribution is 2.29. The summed E-state index contributed by atoms with van der Waals surface area (Å²) in [5.41, 5.74) is 0. The number of nitrogens with one attached hydrogen (secondary N) is 1. The van der Waals surface area contributed by atoms with Crippen molar-refractivity contribution in [3.8, 4) is 0 Å². The van der Waals surface area contributed by atoms with Crippen molar-refractivity contribution in [2.24, 2.45) is 5.92 Å². The van der Waals surface area contributed by atoms with Gasteiger partial charge >= 0.3 is 0 Å². The van der Waals surface area contributed by atoms with Crippen LogP contribution in [0.25, 0.3) is 0 Å². The second-order valence-corrected chi connectivity index (χ2v) is 4.09. The van der Waals surface area contributed by atoms with Gasteiger partial charge in [-0.1, -0.05) is 0 Å². The summed E-state index contributed by atoms with van der Waals surface area (Å²) < 4.78 is 5.22. The zero-order valence-electron chi connectivity index (χ0n) is 8.66. The van der Waals surface area contributed by atoms with Crippen molar-refractivity contribution in [2.75, 3.05) is 33.4 Å². The molecule has 1 saturated carbocycles. The van der Waals surface area contributed by atoms with E-state index in [0.717, 1.165) is 25.9 Å². The quantitative estimate of drug-likeness (QED) is 0.670. The highest BCUT2D eigenvalue weighted by Gasteiger charge is 2.36. The zero-order chi connectivity index (χ0) is 9.97. The van der Waals surface area contributed by atoms with Gasteiger partial charge in [0.1, 0.15) is 0 Å². The van der Waals surface area contributed by atoms with Crippen LogP contribution in [-0.2, 0) is 9.53 Å². The molecular formula is C10H18N2O2. The molecule has 0 aromatic heterocycles. The number of rotatable bonds is 2. The van der Waals surface area contributed by atoms with Crippen LogP contribution < -0.4 is 5.32 Å². The lowest BCUT2D eigenvalue weighted by atomic mass is 9.79. The number of hydrogen-bond acceptors (Lipinski definition) is 3. The fraction of sp³-hybridized carbons (Fsp3) is 0.900. The van der Waals surface area contributed by atoms with Crippen molar-refractivity contribution >= 4 is 5.91 Å². The molecule has 14 heavy (non-hydrogen) atoms. The summed E-state index contributed by atoms with van der Waals surface area (Å²) in [7, 11) is 1.96. The smallest absolute Gasteiger partial charge is 0.225 e. The van der Waals surface area contributed by atoms with E-state index in [1.807, 2.05) is 11.9 Å². The Balaban J connectivity index is 1.78. The first-order valence-electron chi connectivity index (χ1n) is 5.35. The van der Waals surface area contributed by atoms with Crippen molar-refractivity contribution in [3.05, 3.63) is 0 Å². The van der Waals surface area contributed by atoms with E-state index in [1.54, 1.807) is 0 Å².